The van der Waals surface area contributed by atoms with Crippen molar-refractivity contribution in [3.63, 3.8) is 0 Å². The number of hydrogen-bond acceptors (Lipinski definition) is 8. The first-order valence-corrected chi connectivity index (χ1v) is 11.1. The molecule has 32 heavy (non-hydrogen) atoms. The number of rotatable bonds is 4. The molecule has 4 aromatic heterocycles. The van der Waals surface area contributed by atoms with Gasteiger partial charge in [0.25, 0.3) is 0 Å². The van der Waals surface area contributed by atoms with E-state index in [-0.39, 0.29) is 6.01 Å². The van der Waals surface area contributed by atoms with E-state index in [2.05, 4.69) is 37.2 Å². The van der Waals surface area contributed by atoms with Crippen LogP contribution in [0.2, 0.25) is 0 Å². The third kappa shape index (κ3) is 3.99. The molecule has 6 rings (SSSR count). The summed E-state index contributed by atoms with van der Waals surface area (Å²) in [6.07, 6.45) is 7.68. The number of fused-ring (bicyclic) bond motifs is 2. The topological polar surface area (TPSA) is 87.3 Å². The number of nitrogens with zero attached hydrogens (tertiary/aromatic N) is 6. The molecule has 162 valence electrons. The number of thiazole rings is 1. The maximum absolute atomic E-state index is 5.36. The predicted octanol–water partition coefficient (Wildman–Crippen LogP) is 4.69. The molecule has 1 fully saturated rings. The van der Waals surface area contributed by atoms with Crippen LogP contribution >= 0.6 is 11.3 Å². The van der Waals surface area contributed by atoms with Crippen LogP contribution in [-0.2, 0) is 0 Å². The van der Waals surface area contributed by atoms with Gasteiger partial charge in [0, 0.05) is 24.2 Å². The second-order valence-electron chi connectivity index (χ2n) is 7.43. The van der Waals surface area contributed by atoms with Crippen LogP contribution in [0.1, 0.15) is 29.3 Å². The molecule has 5 aromatic rings. The largest absolute Gasteiger partial charge is 0.480 e. The van der Waals surface area contributed by atoms with Crippen molar-refractivity contribution >= 4 is 27.2 Å². The SMILES string of the molecule is COc1ncc(-c2cc(C3CC3)c3nccn3n2)c(OC)n1.Cc1nc2ccccc2s1. The van der Waals surface area contributed by atoms with Gasteiger partial charge < -0.3 is 9.47 Å². The number of methoxy groups -OCH3 is 2. The van der Waals surface area contributed by atoms with Gasteiger partial charge in [0.1, 0.15) is 0 Å². The Balaban J connectivity index is 0.000000180. The van der Waals surface area contributed by atoms with E-state index in [0.717, 1.165) is 27.4 Å². The summed E-state index contributed by atoms with van der Waals surface area (Å²) in [6, 6.07) is 10.5. The monoisotopic (exact) mass is 446 g/mol. The number of hydrogen-bond donors (Lipinski definition) is 0. The number of aryl methyl sites for hydroxylation is 1. The van der Waals surface area contributed by atoms with Crippen LogP contribution in [0.15, 0.2) is 48.9 Å². The molecule has 8 nitrogen and oxygen atoms in total. The normalized spacial score (nSPS) is 13.1. The fourth-order valence-corrected chi connectivity index (χ4v) is 4.36. The van der Waals surface area contributed by atoms with E-state index in [4.69, 9.17) is 9.47 Å². The van der Waals surface area contributed by atoms with Crippen molar-refractivity contribution in [2.45, 2.75) is 25.7 Å². The summed E-state index contributed by atoms with van der Waals surface area (Å²) in [4.78, 5) is 17.1. The van der Waals surface area contributed by atoms with Gasteiger partial charge in [-0.3, -0.25) is 0 Å². The number of ether oxygens (including phenoxy) is 2. The van der Waals surface area contributed by atoms with Crippen LogP contribution in [0, 0.1) is 6.92 Å². The molecule has 1 saturated carbocycles. The number of aromatic nitrogens is 6. The van der Waals surface area contributed by atoms with Gasteiger partial charge in [-0.25, -0.2) is 19.5 Å². The highest BCUT2D eigenvalue weighted by molar-refractivity contribution is 7.18. The minimum absolute atomic E-state index is 0.270. The molecule has 0 bridgehead atoms. The molecule has 1 aliphatic rings. The summed E-state index contributed by atoms with van der Waals surface area (Å²) >= 11 is 1.74. The summed E-state index contributed by atoms with van der Waals surface area (Å²) in [7, 11) is 3.10. The van der Waals surface area contributed by atoms with Gasteiger partial charge in [0.15, 0.2) is 5.65 Å². The molecule has 0 unspecified atom stereocenters. The first-order valence-electron chi connectivity index (χ1n) is 10.3. The van der Waals surface area contributed by atoms with Gasteiger partial charge >= 0.3 is 6.01 Å². The van der Waals surface area contributed by atoms with Crippen LogP contribution in [0.25, 0.3) is 27.1 Å². The average Bonchev–Trinajstić information content (AvgIpc) is 3.43. The van der Waals surface area contributed by atoms with E-state index >= 15 is 0 Å². The zero-order valence-electron chi connectivity index (χ0n) is 18.0. The fourth-order valence-electron chi connectivity index (χ4n) is 3.54. The number of benzene rings is 1. The van der Waals surface area contributed by atoms with Gasteiger partial charge in [0.05, 0.1) is 40.7 Å². The number of para-hydroxylation sites is 1. The molecular formula is C23H22N6O2S. The number of imidazole rings is 1. The summed E-state index contributed by atoms with van der Waals surface area (Å²) in [5.74, 6) is 1.01. The molecule has 0 saturated heterocycles. The molecule has 1 aliphatic carbocycles. The van der Waals surface area contributed by atoms with Gasteiger partial charge in [0.2, 0.25) is 5.88 Å². The first kappa shape index (κ1) is 20.3. The van der Waals surface area contributed by atoms with Crippen LogP contribution in [-0.4, -0.2) is 43.8 Å². The highest BCUT2D eigenvalue weighted by Crippen LogP contribution is 2.43. The van der Waals surface area contributed by atoms with Gasteiger partial charge in [-0.15, -0.1) is 11.3 Å². The Morgan fingerprint density at radius 1 is 1.06 bits per heavy atom. The summed E-state index contributed by atoms with van der Waals surface area (Å²) in [5, 5.41) is 5.73. The first-order chi connectivity index (χ1) is 15.7. The Morgan fingerprint density at radius 3 is 2.66 bits per heavy atom. The minimum atomic E-state index is 0.270. The zero-order valence-corrected chi connectivity index (χ0v) is 18.8. The van der Waals surface area contributed by atoms with Crippen molar-refractivity contribution in [2.24, 2.45) is 0 Å². The highest BCUT2D eigenvalue weighted by Gasteiger charge is 2.28. The molecular weight excluding hydrogens is 424 g/mol. The lowest BCUT2D eigenvalue weighted by Gasteiger charge is -2.10. The van der Waals surface area contributed by atoms with Gasteiger partial charge in [-0.05, 0) is 43.9 Å². The quantitative estimate of drug-likeness (QED) is 0.396. The third-order valence-corrected chi connectivity index (χ3v) is 6.14. The molecule has 1 aromatic carbocycles. The van der Waals surface area contributed by atoms with Crippen LogP contribution < -0.4 is 9.47 Å². The smallest absolute Gasteiger partial charge is 0.319 e. The Bertz CT molecular complexity index is 1360. The van der Waals surface area contributed by atoms with E-state index in [0.29, 0.717) is 11.8 Å². The standard InChI is InChI=1S/C15H15N5O2.C8H7NS/c1-21-14-11(8-17-15(18-14)22-2)12-7-10(9-3-4-9)13-16-5-6-20(13)19-12;1-6-9-7-4-2-3-5-8(7)10-6/h5-9H,3-4H2,1-2H3;2-5H,1H3. The predicted molar refractivity (Wildman–Crippen MR) is 123 cm³/mol. The lowest BCUT2D eigenvalue weighted by molar-refractivity contribution is 0.353. The van der Waals surface area contributed by atoms with Crippen molar-refractivity contribution in [3.8, 4) is 23.1 Å². The minimum Gasteiger partial charge on any atom is -0.480 e. The van der Waals surface area contributed by atoms with E-state index < -0.39 is 0 Å². The summed E-state index contributed by atoms with van der Waals surface area (Å²) in [6.45, 7) is 2.03. The van der Waals surface area contributed by atoms with Crippen molar-refractivity contribution in [3.05, 3.63) is 59.5 Å². The second-order valence-corrected chi connectivity index (χ2v) is 8.67. The molecule has 0 atom stereocenters. The van der Waals surface area contributed by atoms with Crippen LogP contribution in [0.5, 0.6) is 11.9 Å². The van der Waals surface area contributed by atoms with E-state index in [1.54, 1.807) is 35.4 Å². The summed E-state index contributed by atoms with van der Waals surface area (Å²) in [5.41, 5.74) is 4.75. The molecule has 9 heteroatoms. The third-order valence-electron chi connectivity index (χ3n) is 5.19. The second kappa shape index (κ2) is 8.51. The molecule has 0 radical (unpaired) electrons. The Hall–Kier alpha value is -3.59. The van der Waals surface area contributed by atoms with Crippen molar-refractivity contribution in [1.29, 1.82) is 0 Å². The molecule has 0 amide bonds. The fraction of sp³-hybridized carbons (Fsp3) is 0.261. The maximum Gasteiger partial charge on any atom is 0.319 e. The Labute approximate surface area is 188 Å². The van der Waals surface area contributed by atoms with Crippen molar-refractivity contribution in [2.75, 3.05) is 14.2 Å². The van der Waals surface area contributed by atoms with E-state index in [9.17, 15) is 0 Å². The summed E-state index contributed by atoms with van der Waals surface area (Å²) < 4.78 is 13.5. The van der Waals surface area contributed by atoms with Crippen LogP contribution in [0.4, 0.5) is 0 Å². The molecule has 0 N–H and O–H groups in total. The molecule has 0 spiro atoms. The highest BCUT2D eigenvalue weighted by atomic mass is 32.1. The van der Waals surface area contributed by atoms with Gasteiger partial charge in [-0.1, -0.05) is 12.1 Å². The lowest BCUT2D eigenvalue weighted by atomic mass is 10.1. The average molecular weight is 447 g/mol. The van der Waals surface area contributed by atoms with Crippen LogP contribution in [0.3, 0.4) is 0 Å². The molecule has 4 heterocycles. The Kier molecular flexibility index (Phi) is 5.40. The van der Waals surface area contributed by atoms with E-state index in [1.807, 2.05) is 31.3 Å². The van der Waals surface area contributed by atoms with E-state index in [1.165, 1.54) is 30.2 Å². The molecule has 0 aliphatic heterocycles. The maximum atomic E-state index is 5.36. The van der Waals surface area contributed by atoms with Gasteiger partial charge in [-0.2, -0.15) is 10.1 Å². The Morgan fingerprint density at radius 2 is 1.91 bits per heavy atom. The van der Waals surface area contributed by atoms with Crippen molar-refractivity contribution < 1.29 is 9.47 Å². The van der Waals surface area contributed by atoms with Crippen molar-refractivity contribution in [1.82, 2.24) is 29.5 Å². The zero-order chi connectivity index (χ0) is 22.1. The lowest BCUT2D eigenvalue weighted by Crippen LogP contribution is -2.02.